The Balaban J connectivity index is 1.36. The normalized spacial score (nSPS) is 10.9. The van der Waals surface area contributed by atoms with E-state index < -0.39 is 35.9 Å². The van der Waals surface area contributed by atoms with Gasteiger partial charge in [0, 0.05) is 18.5 Å². The molecule has 0 fully saturated rings. The third-order valence-electron chi connectivity index (χ3n) is 4.86. The van der Waals surface area contributed by atoms with Crippen molar-refractivity contribution in [3.8, 4) is 11.5 Å². The molecule has 0 atom stereocenters. The molecule has 0 aliphatic heterocycles. The number of benzene rings is 3. The average molecular weight is 535 g/mol. The predicted octanol–water partition coefficient (Wildman–Crippen LogP) is 6.44. The topological polar surface area (TPSA) is 93.7 Å². The highest BCUT2D eigenvalue weighted by Gasteiger charge is 2.33. The lowest BCUT2D eigenvalue weighted by Crippen LogP contribution is -2.22. The van der Waals surface area contributed by atoms with Gasteiger partial charge in [-0.1, -0.05) is 35.9 Å². The smallest absolute Gasteiger partial charge is 0.418 e. The van der Waals surface area contributed by atoms with Crippen LogP contribution in [0.15, 0.2) is 72.8 Å². The van der Waals surface area contributed by atoms with Crippen molar-refractivity contribution in [2.24, 2.45) is 0 Å². The second-order valence-electron chi connectivity index (χ2n) is 7.71. The van der Waals surface area contributed by atoms with Crippen LogP contribution in [0.4, 0.5) is 24.5 Å². The van der Waals surface area contributed by atoms with E-state index in [0.29, 0.717) is 22.2 Å². The van der Waals surface area contributed by atoms with Crippen molar-refractivity contribution in [2.75, 3.05) is 17.2 Å². The van der Waals surface area contributed by atoms with Crippen molar-refractivity contribution >= 4 is 40.8 Å². The molecule has 0 radical (unpaired) electrons. The van der Waals surface area contributed by atoms with E-state index in [0.717, 1.165) is 12.1 Å². The fraction of sp³-hybridized carbons (Fsp3) is 0.192. The summed E-state index contributed by atoms with van der Waals surface area (Å²) in [6.07, 6.45) is -4.63. The maximum atomic E-state index is 13.0. The Kier molecular flexibility index (Phi) is 9.51. The number of nitrogens with one attached hydrogen (secondary N) is 2. The van der Waals surface area contributed by atoms with Crippen LogP contribution < -0.4 is 15.4 Å². The molecule has 3 aromatic carbocycles. The van der Waals surface area contributed by atoms with E-state index in [4.69, 9.17) is 21.1 Å². The molecule has 0 aliphatic rings. The van der Waals surface area contributed by atoms with E-state index in [1.54, 1.807) is 48.5 Å². The third kappa shape index (κ3) is 8.84. The second-order valence-corrected chi connectivity index (χ2v) is 8.12. The standard InChI is InChI=1S/C26H22ClF3N2O5/c27-20-7-2-4-9-22(20)37-18-14-12-17(13-15-18)31-23(33)10-5-11-25(35)36-16-24(34)32-21-8-3-1-6-19(21)26(28,29)30/h1-4,6-9,12-15H,5,10-11,16H2,(H,31,33)(H,32,34). The number of ether oxygens (including phenoxy) is 2. The van der Waals surface area contributed by atoms with Gasteiger partial charge in [0.15, 0.2) is 6.61 Å². The van der Waals surface area contributed by atoms with Crippen LogP contribution in [0.1, 0.15) is 24.8 Å². The van der Waals surface area contributed by atoms with Crippen LogP contribution in [-0.2, 0) is 25.3 Å². The molecule has 3 rings (SSSR count). The van der Waals surface area contributed by atoms with E-state index in [-0.39, 0.29) is 25.2 Å². The van der Waals surface area contributed by atoms with Crippen LogP contribution in [0.25, 0.3) is 0 Å². The number of alkyl halides is 3. The Morgan fingerprint density at radius 1 is 0.811 bits per heavy atom. The van der Waals surface area contributed by atoms with Gasteiger partial charge in [0.2, 0.25) is 5.91 Å². The number of anilines is 2. The minimum Gasteiger partial charge on any atom is -0.456 e. The van der Waals surface area contributed by atoms with Gasteiger partial charge in [0.25, 0.3) is 5.91 Å². The predicted molar refractivity (Wildman–Crippen MR) is 131 cm³/mol. The van der Waals surface area contributed by atoms with Crippen molar-refractivity contribution in [1.29, 1.82) is 0 Å². The van der Waals surface area contributed by atoms with Crippen molar-refractivity contribution in [3.05, 3.63) is 83.4 Å². The van der Waals surface area contributed by atoms with Crippen LogP contribution in [0.3, 0.4) is 0 Å². The van der Waals surface area contributed by atoms with Gasteiger partial charge < -0.3 is 20.1 Å². The summed E-state index contributed by atoms with van der Waals surface area (Å²) < 4.78 is 49.4. The summed E-state index contributed by atoms with van der Waals surface area (Å²) in [5.41, 5.74) is -0.922. The van der Waals surface area contributed by atoms with Gasteiger partial charge in [0.1, 0.15) is 11.5 Å². The quantitative estimate of drug-likeness (QED) is 0.292. The molecule has 0 aromatic heterocycles. The first kappa shape index (κ1) is 27.5. The molecular formula is C26H22ClF3N2O5. The zero-order valence-corrected chi connectivity index (χ0v) is 20.1. The molecule has 194 valence electrons. The third-order valence-corrected chi connectivity index (χ3v) is 5.17. The molecule has 2 N–H and O–H groups in total. The van der Waals surface area contributed by atoms with Crippen LogP contribution in [0.5, 0.6) is 11.5 Å². The highest BCUT2D eigenvalue weighted by molar-refractivity contribution is 6.32. The number of halogens is 4. The van der Waals surface area contributed by atoms with E-state index in [1.807, 2.05) is 0 Å². The first-order valence-electron chi connectivity index (χ1n) is 11.1. The van der Waals surface area contributed by atoms with E-state index in [1.165, 1.54) is 12.1 Å². The largest absolute Gasteiger partial charge is 0.456 e. The lowest BCUT2D eigenvalue weighted by Gasteiger charge is -2.13. The van der Waals surface area contributed by atoms with Crippen LogP contribution in [0, 0.1) is 0 Å². The molecule has 0 spiro atoms. The first-order chi connectivity index (χ1) is 17.6. The molecule has 11 heteroatoms. The van der Waals surface area contributed by atoms with Crippen LogP contribution in [0.2, 0.25) is 5.02 Å². The summed E-state index contributed by atoms with van der Waals surface area (Å²) in [7, 11) is 0. The number of para-hydroxylation sites is 2. The number of hydrogen-bond donors (Lipinski definition) is 2. The summed E-state index contributed by atoms with van der Waals surface area (Å²) >= 11 is 6.06. The van der Waals surface area contributed by atoms with Crippen molar-refractivity contribution in [1.82, 2.24) is 0 Å². The molecule has 0 bridgehead atoms. The van der Waals surface area contributed by atoms with Gasteiger partial charge in [-0.3, -0.25) is 14.4 Å². The Morgan fingerprint density at radius 3 is 2.19 bits per heavy atom. The maximum Gasteiger partial charge on any atom is 0.418 e. The number of rotatable bonds is 10. The van der Waals surface area contributed by atoms with Gasteiger partial charge in [-0.05, 0) is 55.0 Å². The van der Waals surface area contributed by atoms with Crippen LogP contribution in [-0.4, -0.2) is 24.4 Å². The molecule has 0 heterocycles. The zero-order chi connectivity index (χ0) is 26.8. The molecule has 2 amide bonds. The van der Waals surface area contributed by atoms with E-state index >= 15 is 0 Å². The molecule has 0 saturated heterocycles. The molecule has 3 aromatic rings. The summed E-state index contributed by atoms with van der Waals surface area (Å²) in [4.78, 5) is 35.9. The Hall–Kier alpha value is -4.05. The molecule has 0 saturated carbocycles. The summed E-state index contributed by atoms with van der Waals surface area (Å²) in [5.74, 6) is -0.983. The fourth-order valence-electron chi connectivity index (χ4n) is 3.12. The van der Waals surface area contributed by atoms with Gasteiger partial charge in [-0.25, -0.2) is 0 Å². The van der Waals surface area contributed by atoms with E-state index in [9.17, 15) is 27.6 Å². The Bertz CT molecular complexity index is 1250. The minimum absolute atomic E-state index is 0.0120. The monoisotopic (exact) mass is 534 g/mol. The number of hydrogen-bond acceptors (Lipinski definition) is 5. The number of amides is 2. The summed E-state index contributed by atoms with van der Waals surface area (Å²) in [6, 6.07) is 18.1. The van der Waals surface area contributed by atoms with Crippen molar-refractivity contribution in [3.63, 3.8) is 0 Å². The Labute approximate surface area is 215 Å². The van der Waals surface area contributed by atoms with Gasteiger partial charge in [-0.15, -0.1) is 0 Å². The highest BCUT2D eigenvalue weighted by atomic mass is 35.5. The first-order valence-corrected chi connectivity index (χ1v) is 11.4. The number of esters is 1. The molecule has 0 unspecified atom stereocenters. The maximum absolute atomic E-state index is 13.0. The van der Waals surface area contributed by atoms with Crippen molar-refractivity contribution < 1.29 is 37.0 Å². The molecule has 7 nitrogen and oxygen atoms in total. The SMILES string of the molecule is O=C(CCCC(=O)OCC(=O)Nc1ccccc1C(F)(F)F)Nc1ccc(Oc2ccccc2Cl)cc1. The number of carbonyl (C=O) groups excluding carboxylic acids is 3. The van der Waals surface area contributed by atoms with Gasteiger partial charge in [0.05, 0.1) is 16.3 Å². The Morgan fingerprint density at radius 2 is 1.49 bits per heavy atom. The molecular weight excluding hydrogens is 513 g/mol. The van der Waals surface area contributed by atoms with Gasteiger partial charge in [-0.2, -0.15) is 13.2 Å². The highest BCUT2D eigenvalue weighted by Crippen LogP contribution is 2.34. The summed E-state index contributed by atoms with van der Waals surface area (Å²) in [6.45, 7) is -0.750. The summed E-state index contributed by atoms with van der Waals surface area (Å²) in [5, 5.41) is 5.23. The molecule has 37 heavy (non-hydrogen) atoms. The fourth-order valence-corrected chi connectivity index (χ4v) is 3.30. The van der Waals surface area contributed by atoms with E-state index in [2.05, 4.69) is 10.6 Å². The van der Waals surface area contributed by atoms with Gasteiger partial charge >= 0.3 is 12.1 Å². The van der Waals surface area contributed by atoms with Crippen molar-refractivity contribution in [2.45, 2.75) is 25.4 Å². The lowest BCUT2D eigenvalue weighted by atomic mass is 10.1. The zero-order valence-electron chi connectivity index (χ0n) is 19.3. The number of carbonyl (C=O) groups is 3. The second kappa shape index (κ2) is 12.8. The van der Waals surface area contributed by atoms with Crippen LogP contribution >= 0.6 is 11.6 Å². The minimum atomic E-state index is -4.65. The molecule has 0 aliphatic carbocycles. The average Bonchev–Trinajstić information content (AvgIpc) is 2.85. The lowest BCUT2D eigenvalue weighted by molar-refractivity contribution is -0.147.